The van der Waals surface area contributed by atoms with Crippen molar-refractivity contribution in [2.45, 2.75) is 84.0 Å². The Bertz CT molecular complexity index is 381. The van der Waals surface area contributed by atoms with E-state index in [2.05, 4.69) is 32.9 Å². The first-order chi connectivity index (χ1) is 11.2. The second-order valence-corrected chi connectivity index (χ2v) is 10.8. The molecule has 0 unspecified atom stereocenters. The van der Waals surface area contributed by atoms with Gasteiger partial charge >= 0.3 is 0 Å². The summed E-state index contributed by atoms with van der Waals surface area (Å²) >= 11 is 0. The lowest BCUT2D eigenvalue weighted by molar-refractivity contribution is 0.281. The molecule has 0 saturated heterocycles. The van der Waals surface area contributed by atoms with E-state index in [4.69, 9.17) is 9.16 Å². The van der Waals surface area contributed by atoms with Gasteiger partial charge < -0.3 is 9.16 Å². The maximum atomic E-state index is 6.69. The summed E-state index contributed by atoms with van der Waals surface area (Å²) in [6.07, 6.45) is 7.80. The molecular weight excluding hydrogens is 300 g/mol. The molecule has 0 aliphatic heterocycles. The van der Waals surface area contributed by atoms with Crippen molar-refractivity contribution < 1.29 is 9.16 Å². The Kier molecular flexibility index (Phi) is 10.3. The second-order valence-electron chi connectivity index (χ2n) is 6.63. The van der Waals surface area contributed by atoms with Crippen molar-refractivity contribution in [1.29, 1.82) is 0 Å². The van der Waals surface area contributed by atoms with E-state index in [0.29, 0.717) is 0 Å². The molecule has 0 heterocycles. The molecule has 132 valence electrons. The zero-order valence-electron chi connectivity index (χ0n) is 15.7. The molecule has 23 heavy (non-hydrogen) atoms. The minimum Gasteiger partial charge on any atom is -0.497 e. The molecule has 1 aromatic rings. The predicted molar refractivity (Wildman–Crippen MR) is 103 cm³/mol. The van der Waals surface area contributed by atoms with Crippen molar-refractivity contribution in [3.8, 4) is 5.75 Å². The Morgan fingerprint density at radius 3 is 1.65 bits per heavy atom. The molecule has 0 radical (unpaired) electrons. The van der Waals surface area contributed by atoms with Crippen molar-refractivity contribution >= 4 is 8.32 Å². The molecule has 0 aromatic heterocycles. The molecule has 0 bridgehead atoms. The summed E-state index contributed by atoms with van der Waals surface area (Å²) in [6, 6.07) is 12.3. The molecule has 2 nitrogen and oxygen atoms in total. The van der Waals surface area contributed by atoms with Gasteiger partial charge in [0, 0.05) is 0 Å². The summed E-state index contributed by atoms with van der Waals surface area (Å²) in [5, 5.41) is 0. The highest BCUT2D eigenvalue weighted by Gasteiger charge is 2.33. The fourth-order valence-corrected chi connectivity index (χ4v) is 7.70. The lowest BCUT2D eigenvalue weighted by atomic mass is 10.2. The van der Waals surface area contributed by atoms with Gasteiger partial charge in [-0.15, -0.1) is 0 Å². The van der Waals surface area contributed by atoms with Crippen LogP contribution in [0.1, 0.15) is 64.9 Å². The van der Waals surface area contributed by atoms with Crippen LogP contribution in [-0.4, -0.2) is 15.4 Å². The summed E-state index contributed by atoms with van der Waals surface area (Å²) in [6.45, 7) is 7.65. The van der Waals surface area contributed by atoms with Gasteiger partial charge in [-0.25, -0.2) is 0 Å². The van der Waals surface area contributed by atoms with Gasteiger partial charge in [-0.3, -0.25) is 0 Å². The van der Waals surface area contributed by atoms with E-state index >= 15 is 0 Å². The summed E-state index contributed by atoms with van der Waals surface area (Å²) < 4.78 is 11.9. The Labute approximate surface area is 144 Å². The zero-order chi connectivity index (χ0) is 17.0. The quantitative estimate of drug-likeness (QED) is 0.380. The van der Waals surface area contributed by atoms with Crippen molar-refractivity contribution in [2.75, 3.05) is 7.11 Å². The smallest absolute Gasteiger partial charge is 0.193 e. The maximum Gasteiger partial charge on any atom is 0.193 e. The summed E-state index contributed by atoms with van der Waals surface area (Å²) in [5.41, 5.74) is 1.27. The van der Waals surface area contributed by atoms with E-state index in [1.165, 1.54) is 62.2 Å². The molecule has 0 atom stereocenters. The van der Waals surface area contributed by atoms with Crippen molar-refractivity contribution in [3.63, 3.8) is 0 Å². The van der Waals surface area contributed by atoms with E-state index in [1.54, 1.807) is 7.11 Å². The number of unbranched alkanes of at least 4 members (excludes halogenated alkanes) is 3. The number of methoxy groups -OCH3 is 1. The van der Waals surface area contributed by atoms with E-state index in [-0.39, 0.29) is 0 Å². The normalized spacial score (nSPS) is 11.7. The van der Waals surface area contributed by atoms with E-state index < -0.39 is 8.32 Å². The van der Waals surface area contributed by atoms with Gasteiger partial charge in [-0.05, 0) is 35.8 Å². The molecule has 0 saturated carbocycles. The Morgan fingerprint density at radius 1 is 0.783 bits per heavy atom. The van der Waals surface area contributed by atoms with Crippen molar-refractivity contribution in [2.24, 2.45) is 0 Å². The number of hydrogen-bond donors (Lipinski definition) is 0. The largest absolute Gasteiger partial charge is 0.497 e. The van der Waals surface area contributed by atoms with E-state index in [1.807, 2.05) is 12.1 Å². The minimum atomic E-state index is -1.59. The highest BCUT2D eigenvalue weighted by Crippen LogP contribution is 2.30. The van der Waals surface area contributed by atoms with Crippen LogP contribution in [0.3, 0.4) is 0 Å². The number of benzene rings is 1. The lowest BCUT2D eigenvalue weighted by Gasteiger charge is -2.32. The average Bonchev–Trinajstić information content (AvgIpc) is 2.61. The summed E-state index contributed by atoms with van der Waals surface area (Å²) in [5.74, 6) is 0.917. The fraction of sp³-hybridized carbons (Fsp3) is 0.700. The molecule has 3 heteroatoms. The average molecular weight is 337 g/mol. The Hall–Kier alpha value is -0.803. The molecule has 0 N–H and O–H groups in total. The van der Waals surface area contributed by atoms with Gasteiger partial charge in [-0.1, -0.05) is 71.4 Å². The van der Waals surface area contributed by atoms with Crippen LogP contribution in [0.15, 0.2) is 24.3 Å². The maximum absolute atomic E-state index is 6.69. The highest BCUT2D eigenvalue weighted by molar-refractivity contribution is 6.73. The van der Waals surface area contributed by atoms with Crippen LogP contribution < -0.4 is 4.74 Å². The topological polar surface area (TPSA) is 18.5 Å². The molecule has 1 aromatic carbocycles. The number of ether oxygens (including phenoxy) is 1. The lowest BCUT2D eigenvalue weighted by Crippen LogP contribution is -2.38. The summed E-state index contributed by atoms with van der Waals surface area (Å²) in [7, 11) is 0.118. The molecule has 0 aliphatic rings. The molecule has 0 amide bonds. The zero-order valence-corrected chi connectivity index (χ0v) is 16.7. The highest BCUT2D eigenvalue weighted by atomic mass is 28.4. The van der Waals surface area contributed by atoms with Gasteiger partial charge in [0.2, 0.25) is 0 Å². The van der Waals surface area contributed by atoms with Crippen LogP contribution in [0, 0.1) is 0 Å². The second kappa shape index (κ2) is 11.7. The third kappa shape index (κ3) is 7.54. The van der Waals surface area contributed by atoms with Crippen LogP contribution in [0.25, 0.3) is 0 Å². The van der Waals surface area contributed by atoms with Gasteiger partial charge in [-0.2, -0.15) is 0 Å². The Morgan fingerprint density at radius 2 is 1.26 bits per heavy atom. The fourth-order valence-electron chi connectivity index (χ4n) is 3.05. The van der Waals surface area contributed by atoms with Gasteiger partial charge in [0.15, 0.2) is 8.32 Å². The monoisotopic (exact) mass is 336 g/mol. The molecule has 0 fully saturated rings. The SMILES string of the molecule is CCCC[Si](CCCC)(CCCC)OCc1ccc(OC)cc1. The molecule has 0 spiro atoms. The first-order valence-corrected chi connectivity index (χ1v) is 12.0. The third-order valence-electron chi connectivity index (χ3n) is 4.66. The first-order valence-electron chi connectivity index (χ1n) is 9.46. The van der Waals surface area contributed by atoms with Crippen LogP contribution in [0.4, 0.5) is 0 Å². The third-order valence-corrected chi connectivity index (χ3v) is 9.21. The predicted octanol–water partition coefficient (Wildman–Crippen LogP) is 6.56. The molecular formula is C20H36O2Si. The van der Waals surface area contributed by atoms with Gasteiger partial charge in [0.25, 0.3) is 0 Å². The van der Waals surface area contributed by atoms with Gasteiger partial charge in [0.1, 0.15) is 5.75 Å². The minimum absolute atomic E-state index is 0.771. The van der Waals surface area contributed by atoms with Crippen LogP contribution >= 0.6 is 0 Å². The van der Waals surface area contributed by atoms with Crippen LogP contribution in [0.5, 0.6) is 5.75 Å². The number of hydrogen-bond acceptors (Lipinski definition) is 2. The van der Waals surface area contributed by atoms with Crippen LogP contribution in [-0.2, 0) is 11.0 Å². The number of rotatable bonds is 13. The van der Waals surface area contributed by atoms with Crippen molar-refractivity contribution in [3.05, 3.63) is 29.8 Å². The van der Waals surface area contributed by atoms with E-state index in [0.717, 1.165) is 12.4 Å². The van der Waals surface area contributed by atoms with Crippen molar-refractivity contribution in [1.82, 2.24) is 0 Å². The molecule has 0 aliphatic carbocycles. The standard InChI is InChI=1S/C20H36O2Si/c1-5-8-15-23(16-9-6-2,17-10-7-3)22-18-19-11-13-20(21-4)14-12-19/h11-14H,5-10,15-18H2,1-4H3. The first kappa shape index (κ1) is 20.2. The van der Waals surface area contributed by atoms with Crippen LogP contribution in [0.2, 0.25) is 18.1 Å². The Balaban J connectivity index is 2.73. The molecule has 1 rings (SSSR count). The van der Waals surface area contributed by atoms with Gasteiger partial charge in [0.05, 0.1) is 13.7 Å². The van der Waals surface area contributed by atoms with E-state index in [9.17, 15) is 0 Å². The summed E-state index contributed by atoms with van der Waals surface area (Å²) in [4.78, 5) is 0.